The highest BCUT2D eigenvalue weighted by molar-refractivity contribution is 8.18. The minimum atomic E-state index is -0.223. The Labute approximate surface area is 257 Å². The fraction of sp³-hybridized carbons (Fsp3) is 0.129. The first kappa shape index (κ1) is 29.3. The quantitative estimate of drug-likeness (QED) is 0.102. The summed E-state index contributed by atoms with van der Waals surface area (Å²) in [6, 6.07) is 21.7. The predicted octanol–water partition coefficient (Wildman–Crippen LogP) is 7.69. The molecule has 8 nitrogen and oxygen atoms in total. The van der Waals surface area contributed by atoms with Crippen molar-refractivity contribution in [3.05, 3.63) is 116 Å². The molecule has 0 bridgehead atoms. The van der Waals surface area contributed by atoms with Crippen LogP contribution in [0.15, 0.2) is 98.6 Å². The van der Waals surface area contributed by atoms with E-state index in [9.17, 15) is 4.79 Å². The van der Waals surface area contributed by atoms with E-state index in [1.165, 1.54) is 16.7 Å². The van der Waals surface area contributed by atoms with E-state index in [1.54, 1.807) is 69.2 Å². The minimum Gasteiger partial charge on any atom is -0.496 e. The number of furan rings is 1. The molecule has 5 rings (SSSR count). The van der Waals surface area contributed by atoms with Gasteiger partial charge in [-0.05, 0) is 71.9 Å². The Kier molecular flexibility index (Phi) is 9.53. The Bertz CT molecular complexity index is 1670. The Balaban J connectivity index is 1.38. The molecule has 4 aromatic rings. The van der Waals surface area contributed by atoms with Crippen molar-refractivity contribution in [2.45, 2.75) is 13.2 Å². The summed E-state index contributed by atoms with van der Waals surface area (Å²) >= 11 is 13.5. The van der Waals surface area contributed by atoms with Gasteiger partial charge in [0.05, 0.1) is 38.1 Å². The van der Waals surface area contributed by atoms with Gasteiger partial charge in [-0.3, -0.25) is 9.69 Å². The van der Waals surface area contributed by atoms with Gasteiger partial charge in [-0.2, -0.15) is 5.10 Å². The molecule has 1 saturated heterocycles. The maximum Gasteiger partial charge on any atom is 0.267 e. The number of amides is 1. The SMILES string of the molecule is COc1ccccc1/C=N\N=C1\S/C(=C\c2ccc(OCc3ccc(Cl)cc3Cl)c(OC)c2)C(=O)N1Cc1ccco1. The van der Waals surface area contributed by atoms with E-state index in [-0.39, 0.29) is 19.1 Å². The number of amidine groups is 1. The second kappa shape index (κ2) is 13.7. The van der Waals surface area contributed by atoms with Crippen LogP contribution in [0, 0.1) is 0 Å². The summed E-state index contributed by atoms with van der Waals surface area (Å²) in [4.78, 5) is 15.5. The van der Waals surface area contributed by atoms with E-state index in [1.807, 2.05) is 36.4 Å². The summed E-state index contributed by atoms with van der Waals surface area (Å²) in [6.45, 7) is 0.445. The highest BCUT2D eigenvalue weighted by Crippen LogP contribution is 2.36. The maximum atomic E-state index is 13.5. The van der Waals surface area contributed by atoms with Crippen LogP contribution < -0.4 is 14.2 Å². The predicted molar refractivity (Wildman–Crippen MR) is 167 cm³/mol. The van der Waals surface area contributed by atoms with E-state index in [2.05, 4.69) is 10.2 Å². The minimum absolute atomic E-state index is 0.211. The molecule has 0 radical (unpaired) electrons. The molecule has 0 saturated carbocycles. The summed E-state index contributed by atoms with van der Waals surface area (Å²) in [5.74, 6) is 2.10. The zero-order valence-corrected chi connectivity index (χ0v) is 24.9. The molecule has 0 atom stereocenters. The third kappa shape index (κ3) is 6.99. The first-order valence-electron chi connectivity index (χ1n) is 12.7. The third-order valence-corrected chi connectivity index (χ3v) is 7.73. The number of carbonyl (C=O) groups is 1. The standard InChI is InChI=1S/C31H25Cl2N3O5S/c1-38-26-8-4-3-6-21(26)17-34-35-31-36(18-24-7-5-13-40-24)30(37)29(42-31)15-20-9-12-27(28(14-20)39-2)41-19-22-10-11-23(32)16-25(22)33/h3-17H,18-19H2,1-2H3/b29-15-,34-17-,35-31+. The average Bonchev–Trinajstić information content (AvgIpc) is 3.61. The lowest BCUT2D eigenvalue weighted by molar-refractivity contribution is -0.122. The molecule has 0 N–H and O–H groups in total. The van der Waals surface area contributed by atoms with Crippen LogP contribution in [0.25, 0.3) is 6.08 Å². The van der Waals surface area contributed by atoms with Crippen molar-refractivity contribution in [3.8, 4) is 17.2 Å². The number of ether oxygens (including phenoxy) is 3. The van der Waals surface area contributed by atoms with Crippen LogP contribution in [0.3, 0.4) is 0 Å². The number of thioether (sulfide) groups is 1. The van der Waals surface area contributed by atoms with E-state index >= 15 is 0 Å². The fourth-order valence-corrected chi connectivity index (χ4v) is 5.43. The summed E-state index contributed by atoms with van der Waals surface area (Å²) < 4.78 is 22.4. The lowest BCUT2D eigenvalue weighted by Gasteiger charge is -2.13. The van der Waals surface area contributed by atoms with Gasteiger partial charge < -0.3 is 18.6 Å². The first-order valence-corrected chi connectivity index (χ1v) is 14.2. The summed E-state index contributed by atoms with van der Waals surface area (Å²) in [7, 11) is 3.15. The average molecular weight is 623 g/mol. The number of halogens is 2. The fourth-order valence-electron chi connectivity index (χ4n) is 4.03. The molecule has 1 amide bonds. The van der Waals surface area contributed by atoms with E-state index in [0.29, 0.717) is 43.1 Å². The van der Waals surface area contributed by atoms with Gasteiger partial charge in [-0.25, -0.2) is 0 Å². The molecule has 42 heavy (non-hydrogen) atoms. The van der Waals surface area contributed by atoms with Gasteiger partial charge in [0, 0.05) is 21.2 Å². The smallest absolute Gasteiger partial charge is 0.267 e. The first-order chi connectivity index (χ1) is 20.4. The van der Waals surface area contributed by atoms with Crippen molar-refractivity contribution < 1.29 is 23.4 Å². The van der Waals surface area contributed by atoms with Crippen LogP contribution in [0.5, 0.6) is 17.2 Å². The zero-order valence-electron chi connectivity index (χ0n) is 22.6. The summed E-state index contributed by atoms with van der Waals surface area (Å²) in [5.41, 5.74) is 2.30. The van der Waals surface area contributed by atoms with E-state index in [0.717, 1.165) is 16.7 Å². The number of hydrogen-bond donors (Lipinski definition) is 0. The van der Waals surface area contributed by atoms with Crippen LogP contribution in [0.2, 0.25) is 10.0 Å². The van der Waals surface area contributed by atoms with Gasteiger partial charge in [0.15, 0.2) is 16.7 Å². The van der Waals surface area contributed by atoms with Crippen molar-refractivity contribution in [1.29, 1.82) is 0 Å². The number of benzene rings is 3. The van der Waals surface area contributed by atoms with Crippen molar-refractivity contribution >= 4 is 58.3 Å². The Morgan fingerprint density at radius 1 is 0.952 bits per heavy atom. The molecule has 2 heterocycles. The molecule has 1 aromatic heterocycles. The van der Waals surface area contributed by atoms with Gasteiger partial charge in [-0.15, -0.1) is 5.10 Å². The largest absolute Gasteiger partial charge is 0.496 e. The molecule has 1 aliphatic rings. The number of hydrogen-bond acceptors (Lipinski definition) is 8. The lowest BCUT2D eigenvalue weighted by atomic mass is 10.1. The second-order valence-corrected chi connectivity index (χ2v) is 10.7. The lowest BCUT2D eigenvalue weighted by Crippen LogP contribution is -2.28. The van der Waals surface area contributed by atoms with Gasteiger partial charge in [0.1, 0.15) is 18.1 Å². The van der Waals surface area contributed by atoms with Gasteiger partial charge in [-0.1, -0.05) is 47.5 Å². The third-order valence-electron chi connectivity index (χ3n) is 6.14. The van der Waals surface area contributed by atoms with Crippen LogP contribution in [0.1, 0.15) is 22.5 Å². The number of para-hydroxylation sites is 1. The maximum absolute atomic E-state index is 13.5. The second-order valence-electron chi connectivity index (χ2n) is 8.89. The van der Waals surface area contributed by atoms with Crippen LogP contribution in [-0.4, -0.2) is 36.4 Å². The molecule has 1 fully saturated rings. The van der Waals surface area contributed by atoms with Crippen molar-refractivity contribution in [2.24, 2.45) is 10.2 Å². The highest BCUT2D eigenvalue weighted by Gasteiger charge is 2.34. The number of methoxy groups -OCH3 is 2. The Morgan fingerprint density at radius 3 is 2.55 bits per heavy atom. The van der Waals surface area contributed by atoms with E-state index < -0.39 is 0 Å². The van der Waals surface area contributed by atoms with Gasteiger partial charge in [0.25, 0.3) is 5.91 Å². The van der Waals surface area contributed by atoms with Crippen LogP contribution in [0.4, 0.5) is 0 Å². The molecule has 0 spiro atoms. The molecule has 1 aliphatic heterocycles. The Hall–Kier alpha value is -4.18. The van der Waals surface area contributed by atoms with Crippen molar-refractivity contribution in [2.75, 3.05) is 14.2 Å². The zero-order chi connectivity index (χ0) is 29.5. The topological polar surface area (TPSA) is 85.9 Å². The normalized spacial score (nSPS) is 15.2. The molecule has 3 aromatic carbocycles. The molecule has 0 unspecified atom stereocenters. The molecule has 0 aliphatic carbocycles. The van der Waals surface area contributed by atoms with Crippen LogP contribution in [-0.2, 0) is 17.9 Å². The van der Waals surface area contributed by atoms with Crippen molar-refractivity contribution in [3.63, 3.8) is 0 Å². The van der Waals surface area contributed by atoms with E-state index in [4.69, 9.17) is 41.8 Å². The van der Waals surface area contributed by atoms with Gasteiger partial charge >= 0.3 is 0 Å². The number of nitrogens with zero attached hydrogens (tertiary/aromatic N) is 3. The monoisotopic (exact) mass is 621 g/mol. The van der Waals surface area contributed by atoms with Gasteiger partial charge in [0.2, 0.25) is 0 Å². The molecule has 11 heteroatoms. The molecular weight excluding hydrogens is 597 g/mol. The highest BCUT2D eigenvalue weighted by atomic mass is 35.5. The summed E-state index contributed by atoms with van der Waals surface area (Å²) in [6.07, 6.45) is 4.93. The molecule has 214 valence electrons. The molecular formula is C31H25Cl2N3O5S. The number of rotatable bonds is 10. The Morgan fingerprint density at radius 2 is 1.79 bits per heavy atom. The summed E-state index contributed by atoms with van der Waals surface area (Å²) in [5, 5.41) is 10.1. The van der Waals surface area contributed by atoms with Crippen molar-refractivity contribution in [1.82, 2.24) is 4.90 Å². The number of carbonyl (C=O) groups excluding carboxylic acids is 1. The van der Waals surface area contributed by atoms with Crippen LogP contribution >= 0.6 is 35.0 Å².